The van der Waals surface area contributed by atoms with E-state index in [-0.39, 0.29) is 20.4 Å². The second-order valence-electron chi connectivity index (χ2n) is 7.59. The average molecular weight is 404 g/mol. The van der Waals surface area contributed by atoms with Crippen molar-refractivity contribution in [2.75, 3.05) is 19.2 Å². The van der Waals surface area contributed by atoms with Gasteiger partial charge >= 0.3 is 0 Å². The molecule has 30 heavy (non-hydrogen) atoms. The number of rotatable bonds is 7. The van der Waals surface area contributed by atoms with Gasteiger partial charge in [0.05, 0.1) is 23.9 Å². The van der Waals surface area contributed by atoms with Crippen molar-refractivity contribution in [1.29, 1.82) is 0 Å². The molecule has 0 unspecified atom stereocenters. The van der Waals surface area contributed by atoms with E-state index in [1.54, 1.807) is 7.11 Å². The maximum absolute atomic E-state index is 13.2. The molecule has 1 saturated carbocycles. The summed E-state index contributed by atoms with van der Waals surface area (Å²) >= 11 is 0. The first-order valence-corrected chi connectivity index (χ1v) is 9.97. The molecule has 2 aromatic carbocycles. The lowest BCUT2D eigenvalue weighted by Gasteiger charge is -2.15. The number of ketones is 1. The standard InChI is InChI=1S/C24H22N2O4.H2/c1-28-19-7-3-2-6-18(19)26-23-8-4-5-17(25-23)14-22(27)24(11-12-24)16-9-10-20-21(13-16)30-15-29-20;/h2-10,13H,11-12,14-15H2,1H3,(H,25,26);1H. The molecule has 0 saturated heterocycles. The van der Waals surface area contributed by atoms with Gasteiger partial charge in [0.1, 0.15) is 17.4 Å². The largest absolute Gasteiger partial charge is 0.495 e. The van der Waals surface area contributed by atoms with Crippen LogP contribution < -0.4 is 19.5 Å². The Bertz CT molecular complexity index is 1110. The molecule has 0 spiro atoms. The van der Waals surface area contributed by atoms with Gasteiger partial charge in [0.25, 0.3) is 0 Å². The number of pyridine rings is 1. The van der Waals surface area contributed by atoms with Gasteiger partial charge < -0.3 is 19.5 Å². The number of fused-ring (bicyclic) bond motifs is 1. The van der Waals surface area contributed by atoms with Crippen LogP contribution in [-0.2, 0) is 16.6 Å². The first-order valence-electron chi connectivity index (χ1n) is 9.97. The third-order valence-electron chi connectivity index (χ3n) is 5.73. The van der Waals surface area contributed by atoms with Gasteiger partial charge in [-0.2, -0.15) is 0 Å². The van der Waals surface area contributed by atoms with E-state index < -0.39 is 5.41 Å². The third-order valence-corrected chi connectivity index (χ3v) is 5.73. The number of Topliss-reactive ketones (excluding diaryl/α,β-unsaturated/α-hetero) is 1. The normalized spacial score (nSPS) is 15.5. The molecule has 0 atom stereocenters. The van der Waals surface area contributed by atoms with Gasteiger partial charge in [-0.3, -0.25) is 4.79 Å². The summed E-state index contributed by atoms with van der Waals surface area (Å²) in [7, 11) is 1.63. The van der Waals surface area contributed by atoms with Gasteiger partial charge in [-0.1, -0.05) is 24.3 Å². The van der Waals surface area contributed by atoms with E-state index in [9.17, 15) is 4.79 Å². The Labute approximate surface area is 176 Å². The average Bonchev–Trinajstić information content (AvgIpc) is 3.45. The smallest absolute Gasteiger partial charge is 0.231 e. The monoisotopic (exact) mass is 404 g/mol. The lowest BCUT2D eigenvalue weighted by atomic mass is 9.88. The van der Waals surface area contributed by atoms with Crippen molar-refractivity contribution in [3.05, 3.63) is 71.9 Å². The Morgan fingerprint density at radius 1 is 1.10 bits per heavy atom. The maximum atomic E-state index is 13.2. The molecule has 154 valence electrons. The van der Waals surface area contributed by atoms with E-state index in [1.165, 1.54) is 0 Å². The van der Waals surface area contributed by atoms with Gasteiger partial charge in [0.2, 0.25) is 6.79 Å². The van der Waals surface area contributed by atoms with Crippen molar-refractivity contribution in [2.45, 2.75) is 24.7 Å². The van der Waals surface area contributed by atoms with Gasteiger partial charge in [0.15, 0.2) is 11.5 Å². The van der Waals surface area contributed by atoms with Crippen molar-refractivity contribution in [3.8, 4) is 17.2 Å². The van der Waals surface area contributed by atoms with Gasteiger partial charge in [-0.15, -0.1) is 0 Å². The molecule has 6 heteroatoms. The number of ether oxygens (including phenoxy) is 3. The van der Waals surface area contributed by atoms with Crippen molar-refractivity contribution in [1.82, 2.24) is 4.98 Å². The van der Waals surface area contributed by atoms with Crippen LogP contribution in [0.4, 0.5) is 11.5 Å². The Kier molecular flexibility index (Phi) is 4.54. The molecule has 3 aromatic rings. The number of anilines is 2. The molecule has 1 aliphatic carbocycles. The molecule has 0 bridgehead atoms. The first kappa shape index (κ1) is 18.5. The molecular weight excluding hydrogens is 380 g/mol. The number of nitrogens with one attached hydrogen (secondary N) is 1. The zero-order valence-electron chi connectivity index (χ0n) is 16.7. The van der Waals surface area contributed by atoms with Crippen LogP contribution in [0.3, 0.4) is 0 Å². The van der Waals surface area contributed by atoms with E-state index in [0.29, 0.717) is 11.6 Å². The second kappa shape index (κ2) is 7.37. The molecule has 1 aliphatic heterocycles. The predicted octanol–water partition coefficient (Wildman–Crippen LogP) is 4.65. The summed E-state index contributed by atoms with van der Waals surface area (Å²) in [6, 6.07) is 19.2. The summed E-state index contributed by atoms with van der Waals surface area (Å²) in [6.07, 6.45) is 1.99. The van der Waals surface area contributed by atoms with E-state index in [0.717, 1.165) is 41.3 Å². The summed E-state index contributed by atoms with van der Waals surface area (Å²) in [6.45, 7) is 0.232. The van der Waals surface area contributed by atoms with E-state index in [4.69, 9.17) is 14.2 Å². The predicted molar refractivity (Wildman–Crippen MR) is 115 cm³/mol. The number of hydrogen-bond donors (Lipinski definition) is 1. The minimum atomic E-state index is -0.436. The Hall–Kier alpha value is -3.54. The fourth-order valence-electron chi connectivity index (χ4n) is 3.91. The lowest BCUT2D eigenvalue weighted by molar-refractivity contribution is -0.120. The highest BCUT2D eigenvalue weighted by Gasteiger charge is 2.50. The van der Waals surface area contributed by atoms with Crippen molar-refractivity contribution in [3.63, 3.8) is 0 Å². The minimum absolute atomic E-state index is 0. The summed E-state index contributed by atoms with van der Waals surface area (Å²) in [5.74, 6) is 3.05. The fraction of sp³-hybridized carbons (Fsp3) is 0.250. The zero-order chi connectivity index (χ0) is 20.6. The quantitative estimate of drug-likeness (QED) is 0.618. The number of carbonyl (C=O) groups excluding carboxylic acids is 1. The number of hydrogen-bond acceptors (Lipinski definition) is 6. The molecule has 1 aromatic heterocycles. The second-order valence-corrected chi connectivity index (χ2v) is 7.59. The molecule has 2 heterocycles. The number of methoxy groups -OCH3 is 1. The number of nitrogens with zero attached hydrogens (tertiary/aromatic N) is 1. The van der Waals surface area contributed by atoms with Crippen molar-refractivity contribution < 1.29 is 20.4 Å². The van der Waals surface area contributed by atoms with Gasteiger partial charge in [0, 0.05) is 7.85 Å². The molecule has 2 aliphatic rings. The van der Waals surface area contributed by atoms with Crippen LogP contribution in [0, 0.1) is 0 Å². The highest BCUT2D eigenvalue weighted by Crippen LogP contribution is 2.51. The first-order chi connectivity index (χ1) is 14.7. The fourth-order valence-corrected chi connectivity index (χ4v) is 3.91. The van der Waals surface area contributed by atoms with E-state index >= 15 is 0 Å². The summed E-state index contributed by atoms with van der Waals surface area (Å²) in [5, 5.41) is 3.27. The minimum Gasteiger partial charge on any atom is -0.495 e. The van der Waals surface area contributed by atoms with Crippen LogP contribution in [0.25, 0.3) is 0 Å². The molecule has 0 radical (unpaired) electrons. The van der Waals surface area contributed by atoms with Gasteiger partial charge in [-0.25, -0.2) is 4.98 Å². The van der Waals surface area contributed by atoms with Crippen LogP contribution in [0.1, 0.15) is 25.5 Å². The van der Waals surface area contributed by atoms with E-state index in [2.05, 4.69) is 10.3 Å². The molecule has 1 N–H and O–H groups in total. The zero-order valence-corrected chi connectivity index (χ0v) is 16.7. The van der Waals surface area contributed by atoms with Crippen LogP contribution in [0.2, 0.25) is 0 Å². The van der Waals surface area contributed by atoms with Gasteiger partial charge in [-0.05, 0) is 54.8 Å². The number of benzene rings is 2. The highest BCUT2D eigenvalue weighted by molar-refractivity contribution is 5.94. The summed E-state index contributed by atoms with van der Waals surface area (Å²) in [4.78, 5) is 17.9. The van der Waals surface area contributed by atoms with Crippen LogP contribution in [0.5, 0.6) is 17.2 Å². The Morgan fingerprint density at radius 3 is 2.77 bits per heavy atom. The molecular formula is C24H24N2O4. The Balaban J connectivity index is 0.00000231. The maximum Gasteiger partial charge on any atom is 0.231 e. The molecule has 6 nitrogen and oxygen atoms in total. The van der Waals surface area contributed by atoms with Crippen LogP contribution in [-0.4, -0.2) is 24.7 Å². The number of para-hydroxylation sites is 2. The van der Waals surface area contributed by atoms with E-state index in [1.807, 2.05) is 60.7 Å². The summed E-state index contributed by atoms with van der Waals surface area (Å²) in [5.41, 5.74) is 2.14. The third kappa shape index (κ3) is 3.34. The van der Waals surface area contributed by atoms with Crippen molar-refractivity contribution >= 4 is 17.3 Å². The molecule has 5 rings (SSSR count). The number of carbonyl (C=O) groups is 1. The highest BCUT2D eigenvalue weighted by atomic mass is 16.7. The molecule has 1 fully saturated rings. The number of aromatic nitrogens is 1. The van der Waals surface area contributed by atoms with Crippen LogP contribution in [0.15, 0.2) is 60.7 Å². The summed E-state index contributed by atoms with van der Waals surface area (Å²) < 4.78 is 16.3. The SMILES string of the molecule is COc1ccccc1Nc1cccc(CC(=O)C2(c3ccc4c(c3)OCO4)CC2)n1.[HH]. The Morgan fingerprint density at radius 2 is 1.93 bits per heavy atom. The topological polar surface area (TPSA) is 69.7 Å². The van der Waals surface area contributed by atoms with Crippen LogP contribution >= 0.6 is 0 Å². The van der Waals surface area contributed by atoms with Crippen molar-refractivity contribution in [2.24, 2.45) is 0 Å². The lowest BCUT2D eigenvalue weighted by Crippen LogP contribution is -2.23. The molecule has 0 amide bonds.